The van der Waals surface area contributed by atoms with Crippen molar-refractivity contribution in [3.8, 4) is 34.1 Å². The highest BCUT2D eigenvalue weighted by Crippen LogP contribution is 2.43. The minimum atomic E-state index is -1.07. The smallest absolute Gasteiger partial charge is 0.266 e. The van der Waals surface area contributed by atoms with Crippen LogP contribution in [0.2, 0.25) is 0 Å². The van der Waals surface area contributed by atoms with E-state index in [4.69, 9.17) is 28.5 Å². The molecule has 5 amide bonds. The molecule has 4 aliphatic rings. The monoisotopic (exact) mass is 866 g/mol. The summed E-state index contributed by atoms with van der Waals surface area (Å²) in [6.07, 6.45) is 8.46. The predicted octanol–water partition coefficient (Wildman–Crippen LogP) is 3.27. The zero-order valence-corrected chi connectivity index (χ0v) is 35.5. The summed E-state index contributed by atoms with van der Waals surface area (Å²) in [5, 5.41) is 5.36. The minimum Gasteiger partial charge on any atom is -0.493 e. The van der Waals surface area contributed by atoms with Gasteiger partial charge in [-0.15, -0.1) is 5.06 Å². The molecule has 8 rings (SSSR count). The van der Waals surface area contributed by atoms with Crippen molar-refractivity contribution < 1.29 is 52.5 Å². The van der Waals surface area contributed by atoms with E-state index in [0.717, 1.165) is 47.1 Å². The van der Waals surface area contributed by atoms with Crippen molar-refractivity contribution in [1.82, 2.24) is 29.7 Å². The number of methoxy groups -OCH3 is 2. The van der Waals surface area contributed by atoms with E-state index in [1.54, 1.807) is 52.0 Å². The number of hydroxylamine groups is 2. The SMILES string of the molecule is COc1cc(-c2cn(C)c(=O)c3cnccc23)cc(OC)c1ON1CCC(OC2CCN(C(=O)CCOCCOc3cccc4c3C(=O)N(C3CCC(=O)NC3=O)C4=O)CC2)CC1. The lowest BCUT2D eigenvalue weighted by Gasteiger charge is -2.37. The summed E-state index contributed by atoms with van der Waals surface area (Å²) in [6.45, 7) is 2.87. The van der Waals surface area contributed by atoms with Gasteiger partial charge in [-0.3, -0.25) is 44.0 Å². The molecule has 6 heterocycles. The summed E-state index contributed by atoms with van der Waals surface area (Å²) >= 11 is 0. The van der Waals surface area contributed by atoms with Gasteiger partial charge in [-0.1, -0.05) is 6.07 Å². The van der Waals surface area contributed by atoms with Crippen molar-refractivity contribution in [2.45, 2.75) is 63.2 Å². The number of aryl methyl sites for hydroxylation is 1. The number of ether oxygens (including phenoxy) is 5. The van der Waals surface area contributed by atoms with Crippen LogP contribution in [0.15, 0.2) is 59.8 Å². The van der Waals surface area contributed by atoms with Crippen LogP contribution in [0.1, 0.15) is 65.7 Å². The molecule has 0 bridgehead atoms. The molecule has 1 atom stereocenters. The average Bonchev–Trinajstić information content (AvgIpc) is 3.55. The lowest BCUT2D eigenvalue weighted by atomic mass is 10.0. The Morgan fingerprint density at radius 3 is 2.22 bits per heavy atom. The summed E-state index contributed by atoms with van der Waals surface area (Å²) in [5.41, 5.74) is 1.71. The van der Waals surface area contributed by atoms with Crippen molar-refractivity contribution in [3.63, 3.8) is 0 Å². The Bertz CT molecular complexity index is 2450. The fourth-order valence-electron chi connectivity index (χ4n) is 8.60. The molecule has 0 spiro atoms. The Morgan fingerprint density at radius 2 is 1.52 bits per heavy atom. The van der Waals surface area contributed by atoms with Gasteiger partial charge in [-0.25, -0.2) is 0 Å². The van der Waals surface area contributed by atoms with Gasteiger partial charge < -0.3 is 38.0 Å². The van der Waals surface area contributed by atoms with E-state index in [1.165, 1.54) is 10.6 Å². The number of aromatic nitrogens is 2. The number of amides is 5. The van der Waals surface area contributed by atoms with Crippen LogP contribution in [0.25, 0.3) is 21.9 Å². The van der Waals surface area contributed by atoms with Crippen LogP contribution >= 0.6 is 0 Å². The molecule has 332 valence electrons. The highest BCUT2D eigenvalue weighted by atomic mass is 16.7. The van der Waals surface area contributed by atoms with Crippen LogP contribution in [-0.4, -0.2) is 132 Å². The Balaban J connectivity index is 0.747. The molecule has 3 saturated heterocycles. The lowest BCUT2D eigenvalue weighted by molar-refractivity contribution is -0.140. The maximum absolute atomic E-state index is 13.3. The number of hydrogen-bond acceptors (Lipinski definition) is 14. The standard InChI is InChI=1S/C45H50N6O12/c1-48-26-33(30-9-15-46-25-32(30)43(48)55)27-23-36(58-2)41(37(24-27)59-3)63-50-18-12-29(13-19-50)62-28-10-16-49(17-11-28)39(53)14-20-60-21-22-61-35-6-4-5-31-40(35)45(57)51(44(31)56)34-7-8-38(52)47-42(34)54/h4-6,9,15,23-26,28-29,34H,7-8,10-14,16-22H2,1-3H3,(H,47,52,54). The van der Waals surface area contributed by atoms with Crippen molar-refractivity contribution in [1.29, 1.82) is 0 Å². The summed E-state index contributed by atoms with van der Waals surface area (Å²) < 4.78 is 31.1. The van der Waals surface area contributed by atoms with E-state index in [1.807, 2.05) is 28.2 Å². The Morgan fingerprint density at radius 1 is 0.810 bits per heavy atom. The van der Waals surface area contributed by atoms with Crippen LogP contribution in [0.5, 0.6) is 23.0 Å². The van der Waals surface area contributed by atoms with Gasteiger partial charge in [0.1, 0.15) is 18.4 Å². The topological polar surface area (TPSA) is 197 Å². The molecule has 0 saturated carbocycles. The number of nitrogens with one attached hydrogen (secondary N) is 1. The molecule has 18 heteroatoms. The molecule has 4 aliphatic heterocycles. The van der Waals surface area contributed by atoms with Crippen molar-refractivity contribution >= 4 is 40.3 Å². The van der Waals surface area contributed by atoms with Gasteiger partial charge >= 0.3 is 0 Å². The van der Waals surface area contributed by atoms with Gasteiger partial charge in [-0.05, 0) is 73.4 Å². The number of fused-ring (bicyclic) bond motifs is 2. The van der Waals surface area contributed by atoms with E-state index < -0.39 is 29.7 Å². The summed E-state index contributed by atoms with van der Waals surface area (Å²) in [4.78, 5) is 89.3. The number of carbonyl (C=O) groups excluding carboxylic acids is 5. The van der Waals surface area contributed by atoms with Gasteiger partial charge in [0.2, 0.25) is 23.5 Å². The van der Waals surface area contributed by atoms with E-state index in [0.29, 0.717) is 48.8 Å². The Labute approximate surface area is 362 Å². The zero-order chi connectivity index (χ0) is 44.2. The second-order valence-electron chi connectivity index (χ2n) is 15.9. The normalized spacial score (nSPS) is 18.7. The van der Waals surface area contributed by atoms with Crippen LogP contribution in [0, 0.1) is 0 Å². The number of rotatable bonds is 15. The van der Waals surface area contributed by atoms with Crippen molar-refractivity contribution in [2.24, 2.45) is 7.05 Å². The van der Waals surface area contributed by atoms with Crippen molar-refractivity contribution in [3.05, 3.63) is 76.5 Å². The fraction of sp³-hybridized carbons (Fsp3) is 0.444. The maximum Gasteiger partial charge on any atom is 0.266 e. The first-order valence-corrected chi connectivity index (χ1v) is 21.2. The quantitative estimate of drug-likeness (QED) is 0.135. The van der Waals surface area contributed by atoms with Crippen LogP contribution < -0.4 is 29.9 Å². The van der Waals surface area contributed by atoms with Crippen LogP contribution in [0.3, 0.4) is 0 Å². The number of likely N-dealkylation sites (tertiary alicyclic amines) is 1. The van der Waals surface area contributed by atoms with Crippen LogP contribution in [0.4, 0.5) is 0 Å². The average molecular weight is 867 g/mol. The van der Waals surface area contributed by atoms with E-state index in [2.05, 4.69) is 10.3 Å². The second kappa shape index (κ2) is 18.9. The largest absolute Gasteiger partial charge is 0.493 e. The summed E-state index contributed by atoms with van der Waals surface area (Å²) in [6, 6.07) is 9.18. The molecular formula is C45H50N6O12. The molecule has 3 fully saturated rings. The molecule has 2 aromatic carbocycles. The predicted molar refractivity (Wildman–Crippen MR) is 225 cm³/mol. The van der Waals surface area contributed by atoms with E-state index in [-0.39, 0.29) is 79.6 Å². The second-order valence-corrected chi connectivity index (χ2v) is 15.9. The van der Waals surface area contributed by atoms with Gasteiger partial charge in [0.05, 0.1) is 62.6 Å². The molecule has 63 heavy (non-hydrogen) atoms. The number of nitrogens with zero attached hydrogens (tertiary/aromatic N) is 5. The van der Waals surface area contributed by atoms with Crippen molar-refractivity contribution in [2.75, 3.05) is 60.2 Å². The fourth-order valence-corrected chi connectivity index (χ4v) is 8.60. The molecule has 0 radical (unpaired) electrons. The third-order valence-corrected chi connectivity index (χ3v) is 11.9. The highest BCUT2D eigenvalue weighted by molar-refractivity contribution is 6.24. The number of pyridine rings is 2. The van der Waals surface area contributed by atoms with E-state index >= 15 is 0 Å². The summed E-state index contributed by atoms with van der Waals surface area (Å²) in [5.74, 6) is -0.736. The molecular weight excluding hydrogens is 817 g/mol. The number of imide groups is 2. The summed E-state index contributed by atoms with van der Waals surface area (Å²) in [7, 11) is 4.87. The Kier molecular flexibility index (Phi) is 13.0. The Hall–Kier alpha value is -6.37. The first-order chi connectivity index (χ1) is 30.5. The molecule has 1 unspecified atom stereocenters. The van der Waals surface area contributed by atoms with Gasteiger partial charge in [0.25, 0.3) is 17.4 Å². The van der Waals surface area contributed by atoms with Gasteiger partial charge in [-0.2, -0.15) is 0 Å². The van der Waals surface area contributed by atoms with E-state index in [9.17, 15) is 28.8 Å². The first-order valence-electron chi connectivity index (χ1n) is 21.2. The number of piperidine rings is 3. The molecule has 1 N–H and O–H groups in total. The van der Waals surface area contributed by atoms with Gasteiger partial charge in [0, 0.05) is 63.8 Å². The third kappa shape index (κ3) is 9.10. The lowest BCUT2D eigenvalue weighted by Crippen LogP contribution is -2.54. The van der Waals surface area contributed by atoms with Gasteiger partial charge in [0.15, 0.2) is 11.5 Å². The zero-order valence-electron chi connectivity index (χ0n) is 35.5. The molecule has 18 nitrogen and oxygen atoms in total. The highest BCUT2D eigenvalue weighted by Gasteiger charge is 2.46. The molecule has 2 aromatic heterocycles. The molecule has 4 aromatic rings. The minimum absolute atomic E-state index is 0.00253. The maximum atomic E-state index is 13.3. The number of benzene rings is 2. The number of hydrogen-bond donors (Lipinski definition) is 1. The van der Waals surface area contributed by atoms with Crippen LogP contribution in [-0.2, 0) is 30.9 Å². The number of carbonyl (C=O) groups is 5. The first kappa shape index (κ1) is 43.3. The molecule has 0 aliphatic carbocycles. The third-order valence-electron chi connectivity index (χ3n) is 11.9.